The van der Waals surface area contributed by atoms with Crippen LogP contribution < -0.4 is 20.3 Å². The first-order valence-electron chi connectivity index (χ1n) is 19.6. The molecule has 2 aromatic carbocycles. The number of imide groups is 1. The smallest absolute Gasteiger partial charge is 0.262 e. The van der Waals surface area contributed by atoms with Gasteiger partial charge in [0.05, 0.1) is 52.4 Å². The summed E-state index contributed by atoms with van der Waals surface area (Å²) in [6.45, 7) is 5.16. The number of carbonyl (C=O) groups is 4. The number of piperidine rings is 2. The Labute approximate surface area is 331 Å². The largest absolute Gasteiger partial charge is 0.491 e. The first kappa shape index (κ1) is 35.8. The number of aromatic nitrogens is 5. The number of amides is 4. The molecule has 17 heteroatoms. The van der Waals surface area contributed by atoms with Crippen molar-refractivity contribution in [3.8, 4) is 5.75 Å². The lowest BCUT2D eigenvalue weighted by Crippen LogP contribution is -2.55. The molecule has 5 aliphatic rings. The van der Waals surface area contributed by atoms with Gasteiger partial charge in [-0.25, -0.2) is 9.50 Å². The van der Waals surface area contributed by atoms with Crippen LogP contribution in [0.15, 0.2) is 55.1 Å². The zero-order valence-electron chi connectivity index (χ0n) is 31.0. The monoisotopic (exact) mass is 792 g/mol. The number of fused-ring (bicyclic) bond motifs is 3. The summed E-state index contributed by atoms with van der Waals surface area (Å²) in [7, 11) is 0. The maximum absolute atomic E-state index is 13.5. The van der Waals surface area contributed by atoms with Gasteiger partial charge in [-0.1, -0.05) is 11.6 Å². The van der Waals surface area contributed by atoms with E-state index in [-0.39, 0.29) is 24.8 Å². The fourth-order valence-electron chi connectivity index (χ4n) is 8.55. The van der Waals surface area contributed by atoms with Crippen LogP contribution >= 0.6 is 11.6 Å². The van der Waals surface area contributed by atoms with E-state index in [1.807, 2.05) is 18.2 Å². The van der Waals surface area contributed by atoms with Gasteiger partial charge in [0.1, 0.15) is 23.6 Å². The van der Waals surface area contributed by atoms with E-state index in [4.69, 9.17) is 21.4 Å². The number of halogens is 1. The number of rotatable bonds is 10. The summed E-state index contributed by atoms with van der Waals surface area (Å²) in [5.74, 6) is -0.190. The minimum atomic E-state index is -0.960. The molecule has 4 aliphatic heterocycles. The van der Waals surface area contributed by atoms with Crippen molar-refractivity contribution in [2.24, 2.45) is 11.8 Å². The number of nitrogens with one attached hydrogen (secondary N) is 2. The third-order valence-electron chi connectivity index (χ3n) is 11.9. The highest BCUT2D eigenvalue weighted by Gasteiger charge is 2.45. The van der Waals surface area contributed by atoms with E-state index >= 15 is 0 Å². The van der Waals surface area contributed by atoms with Crippen molar-refractivity contribution in [2.45, 2.75) is 56.8 Å². The van der Waals surface area contributed by atoms with Gasteiger partial charge in [0.25, 0.3) is 17.7 Å². The predicted molar refractivity (Wildman–Crippen MR) is 208 cm³/mol. The van der Waals surface area contributed by atoms with Crippen LogP contribution in [0.2, 0.25) is 5.02 Å². The number of carbonyl (C=O) groups excluding carboxylic acids is 4. The Kier molecular flexibility index (Phi) is 8.86. The lowest BCUT2D eigenvalue weighted by molar-refractivity contribution is -0.131. The molecule has 4 fully saturated rings. The molecule has 10 rings (SSSR count). The average molecular weight is 793 g/mol. The van der Waals surface area contributed by atoms with Crippen LogP contribution in [-0.2, 0) is 4.79 Å². The Morgan fingerprint density at radius 2 is 1.75 bits per heavy atom. The number of hydrogen-bond acceptors (Lipinski definition) is 11. The van der Waals surface area contributed by atoms with Crippen LogP contribution in [0.25, 0.3) is 16.6 Å². The van der Waals surface area contributed by atoms with Crippen LogP contribution in [0, 0.1) is 11.8 Å². The molecule has 3 aromatic heterocycles. The minimum absolute atomic E-state index is 0.231. The second-order valence-electron chi connectivity index (χ2n) is 16.0. The summed E-state index contributed by atoms with van der Waals surface area (Å²) in [5.41, 5.74) is 3.65. The number of anilines is 2. The number of benzene rings is 2. The van der Waals surface area contributed by atoms with Gasteiger partial charge < -0.3 is 30.3 Å². The van der Waals surface area contributed by atoms with Gasteiger partial charge in [-0.05, 0) is 68.7 Å². The molecule has 3 N–H and O–H groups in total. The number of aliphatic hydroxyl groups excluding tert-OH is 1. The second kappa shape index (κ2) is 14.1. The van der Waals surface area contributed by atoms with Crippen molar-refractivity contribution in [3.05, 3.63) is 76.8 Å². The summed E-state index contributed by atoms with van der Waals surface area (Å²) in [6, 6.07) is 8.51. The van der Waals surface area contributed by atoms with Crippen LogP contribution in [0.3, 0.4) is 0 Å². The van der Waals surface area contributed by atoms with Crippen molar-refractivity contribution in [1.82, 2.24) is 39.5 Å². The average Bonchev–Trinajstić information content (AvgIpc) is 3.69. The van der Waals surface area contributed by atoms with E-state index in [1.165, 1.54) is 16.9 Å². The molecule has 4 amide bonds. The second-order valence-corrected chi connectivity index (χ2v) is 16.4. The molecule has 2 atom stereocenters. The fraction of sp³-hybridized carbons (Fsp3) is 0.425. The van der Waals surface area contributed by atoms with E-state index in [9.17, 15) is 24.3 Å². The normalized spacial score (nSPS) is 22.0. The Bertz CT molecular complexity index is 2450. The van der Waals surface area contributed by atoms with Gasteiger partial charge in [-0.3, -0.25) is 28.8 Å². The van der Waals surface area contributed by atoms with Gasteiger partial charge >= 0.3 is 0 Å². The van der Waals surface area contributed by atoms with Gasteiger partial charge in [-0.2, -0.15) is 10.2 Å². The molecule has 3 saturated heterocycles. The molecule has 57 heavy (non-hydrogen) atoms. The molecule has 0 spiro atoms. The maximum atomic E-state index is 13.5. The van der Waals surface area contributed by atoms with Crippen molar-refractivity contribution in [1.29, 1.82) is 0 Å². The SMILES string of the molecule is O=C(Nc1cc2cn(C3CCN(CC4CN(c5ccc6c(c5)C(=O)N(C5CCC(O)NC5=O)C6=O)C4)CC3)nc2cc1OCC1CC1)c1cnn2cc(Cl)cnc12. The highest BCUT2D eigenvalue weighted by Crippen LogP contribution is 2.37. The topological polar surface area (TPSA) is 180 Å². The highest BCUT2D eigenvalue weighted by molar-refractivity contribution is 6.30. The molecule has 5 aromatic rings. The van der Waals surface area contributed by atoms with Gasteiger partial charge in [0, 0.05) is 68.2 Å². The number of hydrogen-bond donors (Lipinski definition) is 3. The summed E-state index contributed by atoms with van der Waals surface area (Å²) >= 11 is 6.06. The standard InChI is InChI=1S/C40H41ClN10O6/c41-25-14-42-36-30(15-43-50(36)20-25)37(53)44-32-11-24-19-49(46-31(24)13-34(32)57-21-22-1-2-22)26-7-9-47(10-8-26)16-23-17-48(18-23)27-3-4-28-29(12-27)40(56)51(39(28)55)33-5-6-35(52)45-38(33)54/h3-4,11-15,19-20,22-23,26,33,35,52H,1-2,5-10,16-18,21H2,(H,44,53)(H,45,54). The molecule has 7 heterocycles. The Morgan fingerprint density at radius 3 is 2.54 bits per heavy atom. The lowest BCUT2D eigenvalue weighted by Gasteiger charge is -2.44. The molecule has 16 nitrogen and oxygen atoms in total. The zero-order chi connectivity index (χ0) is 38.9. The maximum Gasteiger partial charge on any atom is 0.262 e. The van der Waals surface area contributed by atoms with Crippen LogP contribution in [0.4, 0.5) is 11.4 Å². The summed E-state index contributed by atoms with van der Waals surface area (Å²) in [5, 5.41) is 25.8. The Morgan fingerprint density at radius 1 is 0.947 bits per heavy atom. The molecule has 2 unspecified atom stereocenters. The van der Waals surface area contributed by atoms with E-state index in [1.54, 1.807) is 18.3 Å². The Hall–Kier alpha value is -5.58. The summed E-state index contributed by atoms with van der Waals surface area (Å²) in [6.07, 6.45) is 10.4. The molecule has 1 aliphatic carbocycles. The summed E-state index contributed by atoms with van der Waals surface area (Å²) < 4.78 is 9.78. The lowest BCUT2D eigenvalue weighted by atomic mass is 9.95. The highest BCUT2D eigenvalue weighted by atomic mass is 35.5. The Balaban J connectivity index is 0.758. The number of nitrogens with zero attached hydrogens (tertiary/aromatic N) is 8. The molecule has 1 saturated carbocycles. The number of aliphatic hydroxyl groups is 1. The zero-order valence-corrected chi connectivity index (χ0v) is 31.8. The van der Waals surface area contributed by atoms with E-state index in [0.29, 0.717) is 57.2 Å². The fourth-order valence-corrected chi connectivity index (χ4v) is 8.69. The number of ether oxygens (including phenoxy) is 1. The quantitative estimate of drug-likeness (QED) is 0.176. The van der Waals surface area contributed by atoms with Gasteiger partial charge in [-0.15, -0.1) is 0 Å². The predicted octanol–water partition coefficient (Wildman–Crippen LogP) is 3.74. The first-order chi connectivity index (χ1) is 27.6. The molecule has 0 radical (unpaired) electrons. The van der Waals surface area contributed by atoms with Crippen LogP contribution in [-0.4, -0.2) is 115 Å². The summed E-state index contributed by atoms with van der Waals surface area (Å²) in [4.78, 5) is 62.5. The van der Waals surface area contributed by atoms with Crippen molar-refractivity contribution in [3.63, 3.8) is 0 Å². The van der Waals surface area contributed by atoms with Crippen molar-refractivity contribution in [2.75, 3.05) is 49.5 Å². The third-order valence-corrected chi connectivity index (χ3v) is 12.1. The molecular weight excluding hydrogens is 752 g/mol. The minimum Gasteiger partial charge on any atom is -0.491 e. The van der Waals surface area contributed by atoms with Gasteiger partial charge in [0.2, 0.25) is 5.91 Å². The third kappa shape index (κ3) is 6.74. The van der Waals surface area contributed by atoms with Gasteiger partial charge in [0.15, 0.2) is 5.65 Å². The number of likely N-dealkylation sites (tertiary alicyclic amines) is 1. The van der Waals surface area contributed by atoms with Crippen LogP contribution in [0.5, 0.6) is 5.75 Å². The van der Waals surface area contributed by atoms with E-state index < -0.39 is 30.0 Å². The molecular formula is C40H41ClN10O6. The van der Waals surface area contributed by atoms with E-state index in [2.05, 4.69) is 41.4 Å². The van der Waals surface area contributed by atoms with E-state index in [0.717, 1.165) is 79.9 Å². The van der Waals surface area contributed by atoms with Crippen LogP contribution in [0.1, 0.15) is 75.6 Å². The molecule has 0 bridgehead atoms. The van der Waals surface area contributed by atoms with Crippen molar-refractivity contribution < 1.29 is 29.0 Å². The molecule has 294 valence electrons. The first-order valence-corrected chi connectivity index (χ1v) is 20.0. The van der Waals surface area contributed by atoms with Crippen molar-refractivity contribution >= 4 is 63.2 Å².